The predicted molar refractivity (Wildman–Crippen MR) is 81.2 cm³/mol. The lowest BCUT2D eigenvalue weighted by atomic mass is 10.3. The summed E-state index contributed by atoms with van der Waals surface area (Å²) in [5.41, 5.74) is 0.672. The molecule has 2 heterocycles. The summed E-state index contributed by atoms with van der Waals surface area (Å²) in [7, 11) is 0. The third-order valence-electron chi connectivity index (χ3n) is 2.56. The number of fused-ring (bicyclic) bond motifs is 1. The SMILES string of the molecule is O=C(Cc1ccc(Cl)s1)Nc1nc2ccc(F)cc2s1. The normalized spacial score (nSPS) is 10.9. The number of hydrogen-bond donors (Lipinski definition) is 1. The van der Waals surface area contributed by atoms with Gasteiger partial charge in [0, 0.05) is 4.88 Å². The molecule has 7 heteroatoms. The van der Waals surface area contributed by atoms with Gasteiger partial charge in [0.1, 0.15) is 5.82 Å². The van der Waals surface area contributed by atoms with E-state index in [0.29, 0.717) is 19.7 Å². The molecule has 1 N–H and O–H groups in total. The van der Waals surface area contributed by atoms with Crippen molar-refractivity contribution in [3.63, 3.8) is 0 Å². The van der Waals surface area contributed by atoms with Crippen LogP contribution in [0.5, 0.6) is 0 Å². The van der Waals surface area contributed by atoms with Crippen LogP contribution < -0.4 is 5.32 Å². The lowest BCUT2D eigenvalue weighted by molar-refractivity contribution is -0.115. The number of halogens is 2. The monoisotopic (exact) mass is 326 g/mol. The standard InChI is InChI=1S/C13H8ClFN2OS2/c14-11-4-2-8(19-11)6-12(18)17-13-16-9-3-1-7(15)5-10(9)20-13/h1-5H,6H2,(H,16,17,18). The van der Waals surface area contributed by atoms with Gasteiger partial charge in [0.05, 0.1) is 21.0 Å². The van der Waals surface area contributed by atoms with E-state index in [1.807, 2.05) is 6.07 Å². The summed E-state index contributed by atoms with van der Waals surface area (Å²) in [6.45, 7) is 0. The molecule has 2 aromatic heterocycles. The summed E-state index contributed by atoms with van der Waals surface area (Å²) >= 11 is 8.43. The van der Waals surface area contributed by atoms with Crippen LogP contribution in [0.15, 0.2) is 30.3 Å². The fraction of sp³-hybridized carbons (Fsp3) is 0.0769. The van der Waals surface area contributed by atoms with Gasteiger partial charge in [0.25, 0.3) is 0 Å². The molecule has 0 saturated heterocycles. The Morgan fingerprint density at radius 2 is 2.15 bits per heavy atom. The maximum atomic E-state index is 13.1. The summed E-state index contributed by atoms with van der Waals surface area (Å²) in [5.74, 6) is -0.477. The molecule has 0 unspecified atom stereocenters. The van der Waals surface area contributed by atoms with Crippen LogP contribution in [0, 0.1) is 5.82 Å². The van der Waals surface area contributed by atoms with E-state index in [2.05, 4.69) is 10.3 Å². The number of amides is 1. The first kappa shape index (κ1) is 13.5. The van der Waals surface area contributed by atoms with Crippen LogP contribution >= 0.6 is 34.3 Å². The quantitative estimate of drug-likeness (QED) is 0.778. The number of rotatable bonds is 3. The highest BCUT2D eigenvalue weighted by Crippen LogP contribution is 2.27. The molecule has 0 saturated carbocycles. The van der Waals surface area contributed by atoms with Gasteiger partial charge in [-0.05, 0) is 30.3 Å². The average molecular weight is 327 g/mol. The van der Waals surface area contributed by atoms with E-state index in [1.165, 1.54) is 34.8 Å². The fourth-order valence-electron chi connectivity index (χ4n) is 1.72. The Hall–Kier alpha value is -1.50. The van der Waals surface area contributed by atoms with Gasteiger partial charge in [0.15, 0.2) is 5.13 Å². The largest absolute Gasteiger partial charge is 0.302 e. The third kappa shape index (κ3) is 2.98. The molecule has 0 fully saturated rings. The first-order chi connectivity index (χ1) is 9.60. The van der Waals surface area contributed by atoms with Crippen molar-refractivity contribution in [2.45, 2.75) is 6.42 Å². The van der Waals surface area contributed by atoms with E-state index in [-0.39, 0.29) is 18.1 Å². The lowest BCUT2D eigenvalue weighted by Gasteiger charge is -1.98. The molecule has 0 aliphatic carbocycles. The Balaban J connectivity index is 1.73. The Morgan fingerprint density at radius 1 is 1.30 bits per heavy atom. The maximum absolute atomic E-state index is 13.1. The van der Waals surface area contributed by atoms with Gasteiger partial charge in [-0.3, -0.25) is 4.79 Å². The molecule has 0 bridgehead atoms. The number of hydrogen-bond acceptors (Lipinski definition) is 4. The van der Waals surface area contributed by atoms with E-state index >= 15 is 0 Å². The van der Waals surface area contributed by atoms with Crippen LogP contribution in [0.2, 0.25) is 4.34 Å². The minimum Gasteiger partial charge on any atom is -0.302 e. The summed E-state index contributed by atoms with van der Waals surface area (Å²) in [6.07, 6.45) is 0.252. The number of benzene rings is 1. The van der Waals surface area contributed by atoms with Crippen molar-refractivity contribution < 1.29 is 9.18 Å². The zero-order valence-corrected chi connectivity index (χ0v) is 12.4. The van der Waals surface area contributed by atoms with Crippen molar-refractivity contribution in [1.29, 1.82) is 0 Å². The first-order valence-electron chi connectivity index (χ1n) is 5.70. The van der Waals surface area contributed by atoms with Crippen LogP contribution in [0.4, 0.5) is 9.52 Å². The molecular weight excluding hydrogens is 319 g/mol. The minimum absolute atomic E-state index is 0.164. The van der Waals surface area contributed by atoms with Gasteiger partial charge in [-0.1, -0.05) is 22.9 Å². The Labute approximate surface area is 127 Å². The average Bonchev–Trinajstić information content (AvgIpc) is 2.94. The highest BCUT2D eigenvalue weighted by atomic mass is 35.5. The number of nitrogens with one attached hydrogen (secondary N) is 1. The predicted octanol–water partition coefficient (Wildman–Crippen LogP) is 4.33. The first-order valence-corrected chi connectivity index (χ1v) is 7.71. The number of anilines is 1. The van der Waals surface area contributed by atoms with Crippen molar-refractivity contribution >= 4 is 55.5 Å². The van der Waals surface area contributed by atoms with Crippen molar-refractivity contribution in [3.05, 3.63) is 45.4 Å². The van der Waals surface area contributed by atoms with Gasteiger partial charge < -0.3 is 5.32 Å². The van der Waals surface area contributed by atoms with Crippen LogP contribution in [0.1, 0.15) is 4.88 Å². The second kappa shape index (κ2) is 5.47. The molecule has 3 aromatic rings. The van der Waals surface area contributed by atoms with Gasteiger partial charge in [0.2, 0.25) is 5.91 Å². The highest BCUT2D eigenvalue weighted by Gasteiger charge is 2.10. The van der Waals surface area contributed by atoms with Crippen molar-refractivity contribution in [2.24, 2.45) is 0 Å². The number of aromatic nitrogens is 1. The molecule has 102 valence electrons. The zero-order chi connectivity index (χ0) is 14.1. The van der Waals surface area contributed by atoms with Crippen LogP contribution in [0.25, 0.3) is 10.2 Å². The molecule has 0 aliphatic rings. The number of carbonyl (C=O) groups excluding carboxylic acids is 1. The van der Waals surface area contributed by atoms with E-state index in [4.69, 9.17) is 11.6 Å². The van der Waals surface area contributed by atoms with Crippen molar-refractivity contribution in [3.8, 4) is 0 Å². The molecular formula is C13H8ClFN2OS2. The molecule has 20 heavy (non-hydrogen) atoms. The third-order valence-corrected chi connectivity index (χ3v) is 4.73. The number of nitrogens with zero attached hydrogens (tertiary/aromatic N) is 1. The van der Waals surface area contributed by atoms with Crippen LogP contribution in [0.3, 0.4) is 0 Å². The Kier molecular flexibility index (Phi) is 3.69. The summed E-state index contributed by atoms with van der Waals surface area (Å²) in [6, 6.07) is 7.93. The van der Waals surface area contributed by atoms with Crippen LogP contribution in [-0.4, -0.2) is 10.9 Å². The highest BCUT2D eigenvalue weighted by molar-refractivity contribution is 7.22. The van der Waals surface area contributed by atoms with Gasteiger partial charge in [-0.25, -0.2) is 9.37 Å². The van der Waals surface area contributed by atoms with E-state index in [9.17, 15) is 9.18 Å². The summed E-state index contributed by atoms with van der Waals surface area (Å²) in [4.78, 5) is 17.0. The van der Waals surface area contributed by atoms with Crippen LogP contribution in [-0.2, 0) is 11.2 Å². The number of carbonyl (C=O) groups is 1. The van der Waals surface area contributed by atoms with Gasteiger partial charge in [-0.15, -0.1) is 11.3 Å². The smallest absolute Gasteiger partial charge is 0.231 e. The molecule has 3 nitrogen and oxygen atoms in total. The van der Waals surface area contributed by atoms with E-state index < -0.39 is 0 Å². The molecule has 0 atom stereocenters. The molecule has 1 aromatic carbocycles. The van der Waals surface area contributed by atoms with E-state index in [1.54, 1.807) is 12.1 Å². The van der Waals surface area contributed by atoms with E-state index in [0.717, 1.165) is 4.88 Å². The maximum Gasteiger partial charge on any atom is 0.231 e. The second-order valence-electron chi connectivity index (χ2n) is 4.06. The lowest BCUT2D eigenvalue weighted by Crippen LogP contribution is -2.13. The van der Waals surface area contributed by atoms with Crippen molar-refractivity contribution in [1.82, 2.24) is 4.98 Å². The summed E-state index contributed by atoms with van der Waals surface area (Å²) < 4.78 is 14.4. The molecule has 0 radical (unpaired) electrons. The topological polar surface area (TPSA) is 42.0 Å². The fourth-order valence-corrected chi connectivity index (χ4v) is 3.71. The summed E-state index contributed by atoms with van der Waals surface area (Å²) in [5, 5.41) is 3.19. The molecule has 3 rings (SSSR count). The van der Waals surface area contributed by atoms with Gasteiger partial charge >= 0.3 is 0 Å². The number of thiazole rings is 1. The second-order valence-corrected chi connectivity index (χ2v) is 6.89. The molecule has 0 aliphatic heterocycles. The molecule has 1 amide bonds. The van der Waals surface area contributed by atoms with Gasteiger partial charge in [-0.2, -0.15) is 0 Å². The number of thiophene rings is 1. The Morgan fingerprint density at radius 3 is 2.90 bits per heavy atom. The minimum atomic E-state index is -0.313. The molecule has 0 spiro atoms. The Bertz CT molecular complexity index is 784. The van der Waals surface area contributed by atoms with Crippen molar-refractivity contribution in [2.75, 3.05) is 5.32 Å². The zero-order valence-electron chi connectivity index (χ0n) is 10.0.